The van der Waals surface area contributed by atoms with E-state index in [1.54, 1.807) is 7.11 Å². The smallest absolute Gasteiger partial charge is 0.122 e. The van der Waals surface area contributed by atoms with E-state index in [0.29, 0.717) is 0 Å². The predicted molar refractivity (Wildman–Crippen MR) is 78.3 cm³/mol. The molecule has 0 saturated carbocycles. The lowest BCUT2D eigenvalue weighted by atomic mass is 10.0. The highest BCUT2D eigenvalue weighted by Gasteiger charge is 2.04. The van der Waals surface area contributed by atoms with Crippen LogP contribution in [0.5, 0.6) is 5.75 Å². The highest BCUT2D eigenvalue weighted by Crippen LogP contribution is 2.20. The Morgan fingerprint density at radius 3 is 2.74 bits per heavy atom. The molecule has 1 N–H and O–H groups in total. The van der Waals surface area contributed by atoms with Gasteiger partial charge in [0.25, 0.3) is 0 Å². The number of nitriles is 1. The molecule has 0 amide bonds. The monoisotopic (exact) mass is 260 g/mol. The second-order valence-corrected chi connectivity index (χ2v) is 4.69. The molecule has 0 aromatic heterocycles. The fourth-order valence-corrected chi connectivity index (χ4v) is 2.05. The molecule has 19 heavy (non-hydrogen) atoms. The fourth-order valence-electron chi connectivity index (χ4n) is 2.05. The zero-order valence-electron chi connectivity index (χ0n) is 12.2. The van der Waals surface area contributed by atoms with Gasteiger partial charge in [0.2, 0.25) is 0 Å². The van der Waals surface area contributed by atoms with Crippen LogP contribution < -0.4 is 10.1 Å². The average molecular weight is 260 g/mol. The van der Waals surface area contributed by atoms with E-state index in [2.05, 4.69) is 30.4 Å². The van der Waals surface area contributed by atoms with Gasteiger partial charge in [-0.25, -0.2) is 0 Å². The van der Waals surface area contributed by atoms with E-state index in [9.17, 15) is 0 Å². The molecule has 0 aliphatic carbocycles. The Labute approximate surface area is 116 Å². The normalized spacial score (nSPS) is 11.9. The number of rotatable bonds is 8. The Morgan fingerprint density at radius 1 is 1.37 bits per heavy atom. The van der Waals surface area contributed by atoms with Gasteiger partial charge >= 0.3 is 0 Å². The second-order valence-electron chi connectivity index (χ2n) is 4.69. The number of ether oxygens (including phenoxy) is 1. The zero-order valence-corrected chi connectivity index (χ0v) is 12.2. The quantitative estimate of drug-likeness (QED) is 0.731. The van der Waals surface area contributed by atoms with Crippen LogP contribution in [0.25, 0.3) is 0 Å². The van der Waals surface area contributed by atoms with Gasteiger partial charge in [0.05, 0.1) is 19.1 Å². The van der Waals surface area contributed by atoms with E-state index >= 15 is 0 Å². The largest absolute Gasteiger partial charge is 0.496 e. The lowest BCUT2D eigenvalue weighted by molar-refractivity contribution is 0.410. The number of hydrogen-bond acceptors (Lipinski definition) is 3. The fraction of sp³-hybridized carbons (Fsp3) is 0.562. The van der Waals surface area contributed by atoms with Crippen molar-refractivity contribution in [1.82, 2.24) is 5.32 Å². The summed E-state index contributed by atoms with van der Waals surface area (Å²) in [5.41, 5.74) is 2.57. The van der Waals surface area contributed by atoms with Crippen molar-refractivity contribution in [2.75, 3.05) is 20.2 Å². The molecule has 0 saturated heterocycles. The minimum absolute atomic E-state index is 0.127. The van der Waals surface area contributed by atoms with Gasteiger partial charge < -0.3 is 10.1 Å². The molecule has 0 radical (unpaired) electrons. The minimum Gasteiger partial charge on any atom is -0.496 e. The third kappa shape index (κ3) is 4.92. The number of methoxy groups -OCH3 is 1. The minimum atomic E-state index is 0.127. The maximum atomic E-state index is 8.86. The molecule has 0 fully saturated rings. The molecule has 1 aromatic carbocycles. The summed E-state index contributed by atoms with van der Waals surface area (Å²) in [6, 6.07) is 8.67. The van der Waals surface area contributed by atoms with Crippen LogP contribution in [-0.2, 0) is 12.8 Å². The molecule has 0 aliphatic heterocycles. The van der Waals surface area contributed by atoms with Crippen LogP contribution in [0.2, 0.25) is 0 Å². The van der Waals surface area contributed by atoms with Crippen molar-refractivity contribution in [2.45, 2.75) is 33.1 Å². The topological polar surface area (TPSA) is 45.0 Å². The van der Waals surface area contributed by atoms with Gasteiger partial charge in [-0.05, 0) is 43.0 Å². The first-order valence-electron chi connectivity index (χ1n) is 7.01. The summed E-state index contributed by atoms with van der Waals surface area (Å²) in [7, 11) is 1.71. The second kappa shape index (κ2) is 8.55. The van der Waals surface area contributed by atoms with E-state index < -0.39 is 0 Å². The molecule has 1 aromatic rings. The van der Waals surface area contributed by atoms with Crippen molar-refractivity contribution in [3.63, 3.8) is 0 Å². The van der Waals surface area contributed by atoms with Crippen LogP contribution in [0.4, 0.5) is 0 Å². The van der Waals surface area contributed by atoms with E-state index in [1.165, 1.54) is 11.1 Å². The molecule has 1 unspecified atom stereocenters. The standard InChI is InChI=1S/C16H24N2O/c1-4-13(11-17)12-18-9-8-14-6-7-16(19-3)15(5-2)10-14/h6-7,10,13,18H,4-5,8-9,12H2,1-3H3. The van der Waals surface area contributed by atoms with Crippen LogP contribution in [-0.4, -0.2) is 20.2 Å². The molecular formula is C16H24N2O. The SMILES string of the molecule is CCc1cc(CCNCC(C#N)CC)ccc1OC. The molecule has 1 atom stereocenters. The Hall–Kier alpha value is -1.53. The number of benzene rings is 1. The van der Waals surface area contributed by atoms with Crippen molar-refractivity contribution >= 4 is 0 Å². The van der Waals surface area contributed by atoms with Gasteiger partial charge in [0.1, 0.15) is 5.75 Å². The maximum absolute atomic E-state index is 8.86. The third-order valence-corrected chi connectivity index (χ3v) is 3.38. The Balaban J connectivity index is 2.44. The zero-order chi connectivity index (χ0) is 14.1. The van der Waals surface area contributed by atoms with Crippen molar-refractivity contribution in [1.29, 1.82) is 5.26 Å². The summed E-state index contributed by atoms with van der Waals surface area (Å²) in [5.74, 6) is 1.09. The molecule has 3 heteroatoms. The molecular weight excluding hydrogens is 236 g/mol. The van der Waals surface area contributed by atoms with Crippen molar-refractivity contribution in [3.05, 3.63) is 29.3 Å². The maximum Gasteiger partial charge on any atom is 0.122 e. The van der Waals surface area contributed by atoms with Crippen LogP contribution in [0.1, 0.15) is 31.4 Å². The summed E-state index contributed by atoms with van der Waals surface area (Å²) in [5, 5.41) is 12.2. The van der Waals surface area contributed by atoms with E-state index in [0.717, 1.165) is 38.1 Å². The number of aryl methyl sites for hydroxylation is 1. The summed E-state index contributed by atoms with van der Waals surface area (Å²) in [6.45, 7) is 5.88. The van der Waals surface area contributed by atoms with Crippen molar-refractivity contribution in [3.8, 4) is 11.8 Å². The Bertz CT molecular complexity index is 423. The van der Waals surface area contributed by atoms with E-state index in [1.807, 2.05) is 13.0 Å². The van der Waals surface area contributed by atoms with Crippen LogP contribution >= 0.6 is 0 Å². The molecule has 3 nitrogen and oxygen atoms in total. The van der Waals surface area contributed by atoms with Crippen molar-refractivity contribution < 1.29 is 4.74 Å². The van der Waals surface area contributed by atoms with Crippen LogP contribution in [0.15, 0.2) is 18.2 Å². The first kappa shape index (κ1) is 15.5. The van der Waals surface area contributed by atoms with Gasteiger partial charge in [0.15, 0.2) is 0 Å². The van der Waals surface area contributed by atoms with Gasteiger partial charge in [-0.3, -0.25) is 0 Å². The van der Waals surface area contributed by atoms with E-state index in [-0.39, 0.29) is 5.92 Å². The molecule has 0 spiro atoms. The summed E-state index contributed by atoms with van der Waals surface area (Å²) >= 11 is 0. The number of hydrogen-bond donors (Lipinski definition) is 1. The van der Waals surface area contributed by atoms with Gasteiger partial charge in [-0.2, -0.15) is 5.26 Å². The third-order valence-electron chi connectivity index (χ3n) is 3.38. The molecule has 104 valence electrons. The Morgan fingerprint density at radius 2 is 2.16 bits per heavy atom. The molecule has 0 heterocycles. The van der Waals surface area contributed by atoms with Crippen LogP contribution in [0, 0.1) is 17.2 Å². The lowest BCUT2D eigenvalue weighted by Gasteiger charge is -2.11. The highest BCUT2D eigenvalue weighted by molar-refractivity contribution is 5.37. The van der Waals surface area contributed by atoms with Gasteiger partial charge in [-0.15, -0.1) is 0 Å². The molecule has 0 bridgehead atoms. The molecule has 0 aliphatic rings. The summed E-state index contributed by atoms with van der Waals surface area (Å²) in [6.07, 6.45) is 2.88. The van der Waals surface area contributed by atoms with Gasteiger partial charge in [0, 0.05) is 6.54 Å². The Kier molecular flexibility index (Phi) is 6.99. The van der Waals surface area contributed by atoms with Crippen LogP contribution in [0.3, 0.4) is 0 Å². The average Bonchev–Trinajstić information content (AvgIpc) is 2.47. The number of nitrogens with one attached hydrogen (secondary N) is 1. The first-order chi connectivity index (χ1) is 9.24. The highest BCUT2D eigenvalue weighted by atomic mass is 16.5. The predicted octanol–water partition coefficient (Wildman–Crippen LogP) is 2.94. The lowest BCUT2D eigenvalue weighted by Crippen LogP contribution is -2.23. The van der Waals surface area contributed by atoms with Crippen molar-refractivity contribution in [2.24, 2.45) is 5.92 Å². The first-order valence-corrected chi connectivity index (χ1v) is 7.01. The van der Waals surface area contributed by atoms with Gasteiger partial charge in [-0.1, -0.05) is 26.0 Å². The summed E-state index contributed by atoms with van der Waals surface area (Å²) < 4.78 is 5.33. The van der Waals surface area contributed by atoms with E-state index in [4.69, 9.17) is 10.00 Å². The summed E-state index contributed by atoms with van der Waals surface area (Å²) in [4.78, 5) is 0. The molecule has 1 rings (SSSR count). The number of nitrogens with zero attached hydrogens (tertiary/aromatic N) is 1.